The van der Waals surface area contributed by atoms with Crippen molar-refractivity contribution in [3.05, 3.63) is 0 Å². The summed E-state index contributed by atoms with van der Waals surface area (Å²) in [4.78, 5) is 13.8. The Morgan fingerprint density at radius 3 is 0.667 bits per heavy atom. The van der Waals surface area contributed by atoms with Crippen LogP contribution in [0.5, 0.6) is 0 Å². The lowest BCUT2D eigenvalue weighted by Gasteiger charge is -2.29. The van der Waals surface area contributed by atoms with Gasteiger partial charge in [-0.15, -0.1) is 0 Å². The van der Waals surface area contributed by atoms with E-state index in [1.807, 2.05) is 0 Å². The first-order valence-electron chi connectivity index (χ1n) is 16.7. The second-order valence-corrected chi connectivity index (χ2v) is 15.7. The molecule has 0 saturated carbocycles. The number of rotatable bonds is 29. The highest BCUT2D eigenvalue weighted by Crippen LogP contribution is 2.03. The van der Waals surface area contributed by atoms with Crippen molar-refractivity contribution in [3.63, 3.8) is 0 Å². The van der Waals surface area contributed by atoms with E-state index in [2.05, 4.69) is 84.8 Å². The highest BCUT2D eigenvalue weighted by atomic mass is 32.2. The third kappa shape index (κ3) is 19.8. The molecule has 0 aromatic carbocycles. The van der Waals surface area contributed by atoms with E-state index in [0.29, 0.717) is 13.1 Å². The maximum atomic E-state index is 13.0. The van der Waals surface area contributed by atoms with Crippen LogP contribution in [0.15, 0.2) is 0 Å². The van der Waals surface area contributed by atoms with E-state index in [1.165, 1.54) is 0 Å². The maximum Gasteiger partial charge on any atom is 0.152 e. The highest BCUT2D eigenvalue weighted by Gasteiger charge is 2.21. The molecule has 0 atom stereocenters. The normalized spacial score (nSPS) is 13.2. The van der Waals surface area contributed by atoms with Gasteiger partial charge >= 0.3 is 0 Å². The molecule has 0 aromatic heterocycles. The van der Waals surface area contributed by atoms with Crippen LogP contribution in [0.3, 0.4) is 0 Å². The fourth-order valence-electron chi connectivity index (χ4n) is 4.96. The van der Waals surface area contributed by atoms with Crippen molar-refractivity contribution in [2.45, 2.75) is 55.4 Å². The van der Waals surface area contributed by atoms with Gasteiger partial charge < -0.3 is 19.6 Å². The third-order valence-electron chi connectivity index (χ3n) is 8.65. The molecule has 0 fully saturated rings. The Hall–Kier alpha value is -0.340. The van der Waals surface area contributed by atoms with Crippen LogP contribution < -0.4 is 0 Å². The Balaban J connectivity index is 5.09. The molecular formula is C30H68N6O4S2. The molecule has 0 bridgehead atoms. The van der Waals surface area contributed by atoms with Gasteiger partial charge in [0.05, 0.1) is 23.0 Å². The summed E-state index contributed by atoms with van der Waals surface area (Å²) in [5, 5.41) is 0. The Morgan fingerprint density at radius 1 is 0.286 bits per heavy atom. The van der Waals surface area contributed by atoms with Crippen LogP contribution in [0.25, 0.3) is 0 Å². The van der Waals surface area contributed by atoms with E-state index < -0.39 is 19.7 Å². The number of likely N-dealkylation sites (N-methyl/N-ethyl adjacent to an activating group) is 4. The minimum atomic E-state index is -3.48. The molecule has 0 amide bonds. The molecule has 0 saturated heterocycles. The number of hydrogen-bond acceptors (Lipinski definition) is 10. The minimum absolute atomic E-state index is 0.00111. The summed E-state index contributed by atoms with van der Waals surface area (Å²) >= 11 is 0. The van der Waals surface area contributed by atoms with Gasteiger partial charge in [-0.05, 0) is 52.4 Å². The predicted octanol–water partition coefficient (Wildman–Crippen LogP) is 1.79. The van der Waals surface area contributed by atoms with Gasteiger partial charge in [0.2, 0.25) is 0 Å². The second kappa shape index (κ2) is 24.0. The van der Waals surface area contributed by atoms with Crippen LogP contribution in [-0.4, -0.2) is 187 Å². The first-order valence-corrected chi connectivity index (χ1v) is 20.3. The monoisotopic (exact) mass is 640 g/mol. The van der Waals surface area contributed by atoms with Gasteiger partial charge in [-0.25, -0.2) is 16.8 Å². The first-order chi connectivity index (χ1) is 19.9. The lowest BCUT2D eigenvalue weighted by Crippen LogP contribution is -2.42. The zero-order valence-electron chi connectivity index (χ0n) is 28.7. The predicted molar refractivity (Wildman–Crippen MR) is 181 cm³/mol. The van der Waals surface area contributed by atoms with E-state index in [0.717, 1.165) is 105 Å². The average Bonchev–Trinajstić information content (AvgIpc) is 2.98. The summed E-state index contributed by atoms with van der Waals surface area (Å²) < 4.78 is 51.9. The number of hydrogen-bond donors (Lipinski definition) is 0. The average molecular weight is 641 g/mol. The standard InChI is InChI=1S/C30H68N6O4S2/c1-9-31(10-2)17-21-35(22-18-32(11-3)12-4)25-27-41(37,38)29-30-42(39,40)28-26-36(23-19-33(13-5)14-6)24-20-34(15-7)16-8/h9-30H2,1-8H3. The lowest BCUT2D eigenvalue weighted by molar-refractivity contribution is 0.192. The summed E-state index contributed by atoms with van der Waals surface area (Å²) in [5.74, 6) is -0.597. The Labute approximate surface area is 261 Å². The van der Waals surface area contributed by atoms with Crippen LogP contribution >= 0.6 is 0 Å². The molecule has 0 radical (unpaired) electrons. The van der Waals surface area contributed by atoms with Gasteiger partial charge in [0.1, 0.15) is 0 Å². The molecule has 0 aromatic rings. The van der Waals surface area contributed by atoms with Crippen LogP contribution in [0.2, 0.25) is 0 Å². The molecule has 254 valence electrons. The van der Waals surface area contributed by atoms with Crippen molar-refractivity contribution < 1.29 is 16.8 Å². The van der Waals surface area contributed by atoms with E-state index in [1.54, 1.807) is 0 Å². The fourth-order valence-corrected chi connectivity index (χ4v) is 8.47. The quantitative estimate of drug-likeness (QED) is 0.121. The van der Waals surface area contributed by atoms with Crippen LogP contribution in [0.1, 0.15) is 55.4 Å². The third-order valence-corrected chi connectivity index (χ3v) is 12.2. The molecule has 42 heavy (non-hydrogen) atoms. The summed E-state index contributed by atoms with van der Waals surface area (Å²) in [6.45, 7) is 32.6. The van der Waals surface area contributed by atoms with Crippen molar-refractivity contribution in [2.24, 2.45) is 0 Å². The van der Waals surface area contributed by atoms with Crippen molar-refractivity contribution >= 4 is 19.7 Å². The van der Waals surface area contributed by atoms with Crippen LogP contribution in [0, 0.1) is 0 Å². The molecule has 0 aliphatic heterocycles. The van der Waals surface area contributed by atoms with Gasteiger partial charge in [-0.3, -0.25) is 9.80 Å². The van der Waals surface area contributed by atoms with Crippen molar-refractivity contribution in [1.82, 2.24) is 29.4 Å². The largest absolute Gasteiger partial charge is 0.303 e. The second-order valence-electron chi connectivity index (χ2n) is 11.1. The SMILES string of the molecule is CCN(CC)CCN(CCN(CC)CC)CCS(=O)(=O)CCS(=O)(=O)CCN(CCN(CC)CC)CCN(CC)CC. The summed E-state index contributed by atoms with van der Waals surface area (Å²) in [6.07, 6.45) is 0. The number of nitrogens with zero attached hydrogens (tertiary/aromatic N) is 6. The van der Waals surface area contributed by atoms with E-state index in [4.69, 9.17) is 0 Å². The van der Waals surface area contributed by atoms with Gasteiger partial charge in [0.25, 0.3) is 0 Å². The van der Waals surface area contributed by atoms with Gasteiger partial charge in [0, 0.05) is 65.4 Å². The van der Waals surface area contributed by atoms with Crippen molar-refractivity contribution in [1.29, 1.82) is 0 Å². The Morgan fingerprint density at radius 2 is 0.476 bits per heavy atom. The minimum Gasteiger partial charge on any atom is -0.303 e. The van der Waals surface area contributed by atoms with Crippen LogP contribution in [0.4, 0.5) is 0 Å². The van der Waals surface area contributed by atoms with Gasteiger partial charge in [-0.1, -0.05) is 55.4 Å². The van der Waals surface area contributed by atoms with Crippen molar-refractivity contribution in [3.8, 4) is 0 Å². The number of sulfone groups is 2. The Kier molecular flexibility index (Phi) is 23.8. The van der Waals surface area contributed by atoms with Crippen LogP contribution in [-0.2, 0) is 19.7 Å². The zero-order valence-corrected chi connectivity index (χ0v) is 30.3. The summed E-state index contributed by atoms with van der Waals surface area (Å²) in [7, 11) is -6.96. The lowest BCUT2D eigenvalue weighted by atomic mass is 10.4. The maximum absolute atomic E-state index is 13.0. The smallest absolute Gasteiger partial charge is 0.152 e. The molecule has 0 heterocycles. The zero-order chi connectivity index (χ0) is 32.0. The molecule has 0 spiro atoms. The van der Waals surface area contributed by atoms with E-state index in [9.17, 15) is 16.8 Å². The van der Waals surface area contributed by atoms with Gasteiger partial charge in [-0.2, -0.15) is 0 Å². The van der Waals surface area contributed by atoms with Gasteiger partial charge in [0.15, 0.2) is 19.7 Å². The Bertz CT molecular complexity index is 742. The molecule has 0 aliphatic rings. The molecule has 10 nitrogen and oxygen atoms in total. The molecule has 0 unspecified atom stereocenters. The molecule has 0 N–H and O–H groups in total. The van der Waals surface area contributed by atoms with E-state index >= 15 is 0 Å². The first kappa shape index (κ1) is 41.7. The topological polar surface area (TPSA) is 87.7 Å². The van der Waals surface area contributed by atoms with E-state index in [-0.39, 0.29) is 23.0 Å². The van der Waals surface area contributed by atoms with Crippen molar-refractivity contribution in [2.75, 3.05) is 141 Å². The fraction of sp³-hybridized carbons (Fsp3) is 1.00. The molecule has 0 aliphatic carbocycles. The molecular weight excluding hydrogens is 573 g/mol. The summed E-state index contributed by atoms with van der Waals surface area (Å²) in [6, 6.07) is 0. The molecule has 0 rings (SSSR count). The summed E-state index contributed by atoms with van der Waals surface area (Å²) in [5.41, 5.74) is 0. The molecule has 12 heteroatoms. The highest BCUT2D eigenvalue weighted by molar-refractivity contribution is 7.95.